The van der Waals surface area contributed by atoms with Crippen LogP contribution in [0.1, 0.15) is 11.3 Å². The number of rotatable bonds is 3. The highest BCUT2D eigenvalue weighted by atomic mass is 32.2. The van der Waals surface area contributed by atoms with Crippen molar-refractivity contribution in [3.05, 3.63) is 70.2 Å². The van der Waals surface area contributed by atoms with Crippen LogP contribution in [-0.2, 0) is 10.0 Å². The summed E-state index contributed by atoms with van der Waals surface area (Å²) in [4.78, 5) is 12.2. The second-order valence-corrected chi connectivity index (χ2v) is 7.17. The maximum absolute atomic E-state index is 13.9. The maximum Gasteiger partial charge on any atom is 0.424 e. The van der Waals surface area contributed by atoms with Crippen LogP contribution in [0, 0.1) is 19.7 Å². The van der Waals surface area contributed by atoms with Crippen molar-refractivity contribution in [3.63, 3.8) is 0 Å². The monoisotopic (exact) mass is 362 g/mol. The second kappa shape index (κ2) is 5.98. The predicted octanol–water partition coefficient (Wildman–Crippen LogP) is 2.50. The van der Waals surface area contributed by atoms with E-state index in [1.54, 1.807) is 26.0 Å². The summed E-state index contributed by atoms with van der Waals surface area (Å²) in [6, 6.07) is 10.1. The zero-order chi connectivity index (χ0) is 18.4. The minimum absolute atomic E-state index is 0.0484. The van der Waals surface area contributed by atoms with Gasteiger partial charge < -0.3 is 4.42 Å². The van der Waals surface area contributed by atoms with Gasteiger partial charge in [0, 0.05) is 5.56 Å². The average molecular weight is 362 g/mol. The number of halogens is 1. The third-order valence-corrected chi connectivity index (χ3v) is 4.78. The van der Waals surface area contributed by atoms with Crippen LogP contribution in [-0.4, -0.2) is 13.0 Å². The number of sulfonamides is 1. The van der Waals surface area contributed by atoms with Gasteiger partial charge in [-0.25, -0.2) is 27.3 Å². The van der Waals surface area contributed by atoms with E-state index in [0.29, 0.717) is 28.3 Å². The van der Waals surface area contributed by atoms with Crippen LogP contribution in [0.25, 0.3) is 16.9 Å². The molecule has 0 spiro atoms. The first kappa shape index (κ1) is 17.1. The second-order valence-electron chi connectivity index (χ2n) is 5.61. The normalized spacial score (nSPS) is 11.7. The molecule has 3 aromatic rings. The molecular weight excluding hydrogens is 347 g/mol. The molecule has 0 saturated heterocycles. The summed E-state index contributed by atoms with van der Waals surface area (Å²) >= 11 is 0. The maximum atomic E-state index is 13.9. The average Bonchev–Trinajstić information content (AvgIpc) is 2.83. The Hall–Kier alpha value is -2.71. The van der Waals surface area contributed by atoms with Gasteiger partial charge >= 0.3 is 5.76 Å². The Balaban J connectivity index is 2.21. The summed E-state index contributed by atoms with van der Waals surface area (Å²) in [6.45, 7) is 3.22. The molecule has 0 unspecified atom stereocenters. The highest BCUT2D eigenvalue weighted by Crippen LogP contribution is 2.27. The van der Waals surface area contributed by atoms with Crippen molar-refractivity contribution in [2.24, 2.45) is 5.14 Å². The highest BCUT2D eigenvalue weighted by Gasteiger charge is 2.18. The molecule has 0 atom stereocenters. The van der Waals surface area contributed by atoms with Gasteiger partial charge in [-0.1, -0.05) is 18.2 Å². The van der Waals surface area contributed by atoms with Crippen molar-refractivity contribution in [3.8, 4) is 16.9 Å². The third-order valence-electron chi connectivity index (χ3n) is 3.85. The van der Waals surface area contributed by atoms with E-state index in [-0.39, 0.29) is 4.90 Å². The molecular formula is C17H15FN2O4S. The minimum Gasteiger partial charge on any atom is -0.412 e. The minimum atomic E-state index is -3.82. The SMILES string of the molecule is Cc1ccc(-n2c(-c3ccc(S(N)(=O)=O)cc3)c(C)oc2=O)cc1F. The first-order valence-corrected chi connectivity index (χ1v) is 8.85. The van der Waals surface area contributed by atoms with Crippen molar-refractivity contribution in [1.29, 1.82) is 0 Å². The smallest absolute Gasteiger partial charge is 0.412 e. The van der Waals surface area contributed by atoms with E-state index in [1.807, 2.05) is 0 Å². The Labute approximate surface area is 143 Å². The van der Waals surface area contributed by atoms with Crippen molar-refractivity contribution in [2.45, 2.75) is 18.7 Å². The molecule has 1 heterocycles. The molecule has 0 fully saturated rings. The van der Waals surface area contributed by atoms with Gasteiger partial charge in [-0.2, -0.15) is 0 Å². The highest BCUT2D eigenvalue weighted by molar-refractivity contribution is 7.89. The first-order valence-electron chi connectivity index (χ1n) is 7.30. The van der Waals surface area contributed by atoms with Crippen molar-refractivity contribution in [2.75, 3.05) is 0 Å². The number of primary sulfonamides is 1. The van der Waals surface area contributed by atoms with Crippen molar-refractivity contribution in [1.82, 2.24) is 4.57 Å². The zero-order valence-electron chi connectivity index (χ0n) is 13.5. The molecule has 0 bridgehead atoms. The predicted molar refractivity (Wildman–Crippen MR) is 90.5 cm³/mol. The van der Waals surface area contributed by atoms with E-state index in [4.69, 9.17) is 9.56 Å². The molecule has 0 radical (unpaired) electrons. The number of hydrogen-bond donors (Lipinski definition) is 1. The van der Waals surface area contributed by atoms with Crippen LogP contribution in [0.5, 0.6) is 0 Å². The van der Waals surface area contributed by atoms with E-state index >= 15 is 0 Å². The van der Waals surface area contributed by atoms with Gasteiger partial charge in [0.1, 0.15) is 11.6 Å². The van der Waals surface area contributed by atoms with Crippen LogP contribution < -0.4 is 10.9 Å². The van der Waals surface area contributed by atoms with Gasteiger partial charge in [-0.15, -0.1) is 0 Å². The van der Waals surface area contributed by atoms with E-state index < -0.39 is 21.6 Å². The number of aromatic nitrogens is 1. The Bertz CT molecular complexity index is 1110. The fourth-order valence-electron chi connectivity index (χ4n) is 2.56. The molecule has 3 rings (SSSR count). The first-order chi connectivity index (χ1) is 11.7. The number of benzene rings is 2. The van der Waals surface area contributed by atoms with E-state index in [2.05, 4.69) is 0 Å². The third kappa shape index (κ3) is 3.13. The zero-order valence-corrected chi connectivity index (χ0v) is 14.3. The van der Waals surface area contributed by atoms with Crippen LogP contribution in [0.2, 0.25) is 0 Å². The molecule has 8 heteroatoms. The topological polar surface area (TPSA) is 95.3 Å². The molecule has 0 amide bonds. The van der Waals surface area contributed by atoms with Gasteiger partial charge in [-0.3, -0.25) is 0 Å². The van der Waals surface area contributed by atoms with Crippen LogP contribution in [0.15, 0.2) is 56.6 Å². The molecule has 2 N–H and O–H groups in total. The molecule has 0 saturated carbocycles. The summed E-state index contributed by atoms with van der Waals surface area (Å²) in [5, 5.41) is 5.09. The standard InChI is InChI=1S/C17H15FN2O4S/c1-10-3-6-13(9-15(10)18)20-16(11(2)24-17(20)21)12-4-7-14(8-5-12)25(19,22)23/h3-9H,1-2H3,(H2,19,22,23). The van der Waals surface area contributed by atoms with E-state index in [0.717, 1.165) is 0 Å². The van der Waals surface area contributed by atoms with E-state index in [1.165, 1.54) is 34.9 Å². The van der Waals surface area contributed by atoms with Crippen LogP contribution >= 0.6 is 0 Å². The lowest BCUT2D eigenvalue weighted by Gasteiger charge is -2.09. The summed E-state index contributed by atoms with van der Waals surface area (Å²) < 4.78 is 43.0. The molecule has 0 aliphatic carbocycles. The number of aryl methyl sites for hydroxylation is 2. The fraction of sp³-hybridized carbons (Fsp3) is 0.118. The fourth-order valence-corrected chi connectivity index (χ4v) is 3.08. The molecule has 130 valence electrons. The van der Waals surface area contributed by atoms with Gasteiger partial charge in [0.15, 0.2) is 0 Å². The van der Waals surface area contributed by atoms with Crippen LogP contribution in [0.4, 0.5) is 4.39 Å². The lowest BCUT2D eigenvalue weighted by molar-refractivity contribution is 0.479. The lowest BCUT2D eigenvalue weighted by Crippen LogP contribution is -2.14. The molecule has 0 aliphatic rings. The van der Waals surface area contributed by atoms with Gasteiger partial charge in [-0.05, 0) is 43.7 Å². The van der Waals surface area contributed by atoms with Gasteiger partial charge in [0.25, 0.3) is 0 Å². The Morgan fingerprint density at radius 1 is 1.08 bits per heavy atom. The summed E-state index contributed by atoms with van der Waals surface area (Å²) in [6.07, 6.45) is 0. The summed E-state index contributed by atoms with van der Waals surface area (Å²) in [5.41, 5.74) is 1.72. The molecule has 1 aromatic heterocycles. The molecule has 2 aromatic carbocycles. The number of hydrogen-bond acceptors (Lipinski definition) is 4. The molecule has 6 nitrogen and oxygen atoms in total. The van der Waals surface area contributed by atoms with Crippen molar-refractivity contribution < 1.29 is 17.2 Å². The quantitative estimate of drug-likeness (QED) is 0.774. The number of oxazole rings is 1. The van der Waals surface area contributed by atoms with Crippen molar-refractivity contribution >= 4 is 10.0 Å². The molecule has 0 aliphatic heterocycles. The summed E-state index contributed by atoms with van der Waals surface area (Å²) in [5.74, 6) is -0.778. The Morgan fingerprint density at radius 3 is 2.28 bits per heavy atom. The summed E-state index contributed by atoms with van der Waals surface area (Å²) in [7, 11) is -3.82. The van der Waals surface area contributed by atoms with Gasteiger partial charge in [0.05, 0.1) is 16.3 Å². The Kier molecular flexibility index (Phi) is 4.09. The van der Waals surface area contributed by atoms with E-state index in [9.17, 15) is 17.6 Å². The number of nitrogens with zero attached hydrogens (tertiary/aromatic N) is 1. The lowest BCUT2D eigenvalue weighted by atomic mass is 10.1. The van der Waals surface area contributed by atoms with Gasteiger partial charge in [0.2, 0.25) is 10.0 Å². The Morgan fingerprint density at radius 2 is 1.72 bits per heavy atom. The molecule has 25 heavy (non-hydrogen) atoms. The largest absolute Gasteiger partial charge is 0.424 e. The van der Waals surface area contributed by atoms with Crippen LogP contribution in [0.3, 0.4) is 0 Å². The number of nitrogens with two attached hydrogens (primary N) is 1.